The maximum Gasteiger partial charge on any atom is 0.410 e. The number of hydrogen-bond acceptors (Lipinski definition) is 6. The summed E-state index contributed by atoms with van der Waals surface area (Å²) >= 11 is 0. The quantitative estimate of drug-likeness (QED) is 0.895. The summed E-state index contributed by atoms with van der Waals surface area (Å²) in [6, 6.07) is 7.29. The Balaban J connectivity index is 1.62. The molecule has 0 spiro atoms. The van der Waals surface area contributed by atoms with Gasteiger partial charge in [0.1, 0.15) is 19.2 Å². The molecule has 2 amide bonds. The number of amides is 2. The molecule has 1 N–H and O–H groups in total. The summed E-state index contributed by atoms with van der Waals surface area (Å²) < 4.78 is 10.0. The Bertz CT molecular complexity index is 758. The molecule has 1 aromatic carbocycles. The maximum absolute atomic E-state index is 12.0. The fourth-order valence-electron chi connectivity index (χ4n) is 2.40. The summed E-state index contributed by atoms with van der Waals surface area (Å²) in [6.07, 6.45) is -0.475. The molecule has 1 fully saturated rings. The Kier molecular flexibility index (Phi) is 4.45. The van der Waals surface area contributed by atoms with Crippen molar-refractivity contribution < 1.29 is 18.8 Å². The molecule has 2 aromatic rings. The molecule has 1 aromatic heterocycles. The summed E-state index contributed by atoms with van der Waals surface area (Å²) in [5.41, 5.74) is 1.95. The van der Waals surface area contributed by atoms with Gasteiger partial charge in [0.15, 0.2) is 0 Å². The molecule has 126 valence electrons. The topological polar surface area (TPSA) is 97.6 Å². The lowest BCUT2D eigenvalue weighted by atomic mass is 10.1. The molecule has 0 radical (unpaired) electrons. The molecule has 0 bridgehead atoms. The third kappa shape index (κ3) is 3.53. The third-order valence-corrected chi connectivity index (χ3v) is 3.65. The van der Waals surface area contributed by atoms with E-state index in [9.17, 15) is 9.59 Å². The van der Waals surface area contributed by atoms with Gasteiger partial charge in [-0.3, -0.25) is 9.69 Å². The number of benzene rings is 1. The van der Waals surface area contributed by atoms with Crippen molar-refractivity contribution in [3.8, 4) is 11.4 Å². The van der Waals surface area contributed by atoms with Gasteiger partial charge in [0.2, 0.25) is 17.6 Å². The summed E-state index contributed by atoms with van der Waals surface area (Å²) in [5, 5.41) is 6.68. The maximum atomic E-state index is 12.0. The highest BCUT2D eigenvalue weighted by atomic mass is 16.6. The number of carbonyl (C=O) groups is 2. The fourth-order valence-corrected chi connectivity index (χ4v) is 2.40. The summed E-state index contributed by atoms with van der Waals surface area (Å²) in [4.78, 5) is 29.0. The predicted molar refractivity (Wildman–Crippen MR) is 83.9 cm³/mol. The van der Waals surface area contributed by atoms with Crippen LogP contribution >= 0.6 is 0 Å². The van der Waals surface area contributed by atoms with E-state index in [1.807, 2.05) is 31.2 Å². The molecule has 2 heterocycles. The Morgan fingerprint density at radius 3 is 3.00 bits per heavy atom. The van der Waals surface area contributed by atoms with Gasteiger partial charge in [-0.05, 0) is 19.9 Å². The van der Waals surface area contributed by atoms with Crippen molar-refractivity contribution in [2.45, 2.75) is 19.9 Å². The van der Waals surface area contributed by atoms with Crippen LogP contribution in [0.3, 0.4) is 0 Å². The first-order valence-corrected chi connectivity index (χ1v) is 7.64. The zero-order valence-electron chi connectivity index (χ0n) is 13.5. The van der Waals surface area contributed by atoms with E-state index in [4.69, 9.17) is 9.26 Å². The number of cyclic esters (lactones) is 1. The minimum atomic E-state index is -0.475. The van der Waals surface area contributed by atoms with Crippen LogP contribution in [0.25, 0.3) is 11.4 Å². The molecule has 8 heteroatoms. The van der Waals surface area contributed by atoms with Gasteiger partial charge in [0, 0.05) is 5.56 Å². The van der Waals surface area contributed by atoms with Crippen LogP contribution in [0.15, 0.2) is 28.8 Å². The third-order valence-electron chi connectivity index (χ3n) is 3.65. The number of nitrogens with zero attached hydrogens (tertiary/aromatic N) is 3. The number of aromatic nitrogens is 2. The minimum absolute atomic E-state index is 0.0535. The summed E-state index contributed by atoms with van der Waals surface area (Å²) in [6.45, 7) is 4.40. The minimum Gasteiger partial charge on any atom is -0.448 e. The normalized spacial score (nSPS) is 15.2. The average molecular weight is 330 g/mol. The Morgan fingerprint density at radius 2 is 2.29 bits per heavy atom. The van der Waals surface area contributed by atoms with E-state index in [-0.39, 0.29) is 12.5 Å². The van der Waals surface area contributed by atoms with Gasteiger partial charge in [-0.15, -0.1) is 0 Å². The van der Waals surface area contributed by atoms with Crippen molar-refractivity contribution in [1.29, 1.82) is 0 Å². The van der Waals surface area contributed by atoms with E-state index in [0.29, 0.717) is 24.9 Å². The SMILES string of the molecule is Cc1cccc(-c2noc(C(C)NC(=O)CN3CCOC3=O)n2)c1. The Hall–Kier alpha value is -2.90. The molecule has 24 heavy (non-hydrogen) atoms. The van der Waals surface area contributed by atoms with Crippen molar-refractivity contribution in [1.82, 2.24) is 20.4 Å². The summed E-state index contributed by atoms with van der Waals surface area (Å²) in [5.74, 6) is 0.471. The highest BCUT2D eigenvalue weighted by Crippen LogP contribution is 2.19. The zero-order valence-corrected chi connectivity index (χ0v) is 13.5. The zero-order chi connectivity index (χ0) is 17.1. The number of hydrogen-bond donors (Lipinski definition) is 1. The van der Waals surface area contributed by atoms with E-state index in [1.54, 1.807) is 6.92 Å². The lowest BCUT2D eigenvalue weighted by molar-refractivity contribution is -0.122. The van der Waals surface area contributed by atoms with Crippen molar-refractivity contribution in [3.05, 3.63) is 35.7 Å². The van der Waals surface area contributed by atoms with Crippen LogP contribution in [0.5, 0.6) is 0 Å². The predicted octanol–water partition coefficient (Wildman–Crippen LogP) is 1.67. The van der Waals surface area contributed by atoms with Gasteiger partial charge in [0.05, 0.1) is 6.54 Å². The van der Waals surface area contributed by atoms with E-state index in [2.05, 4.69) is 15.5 Å². The number of rotatable bonds is 5. The van der Waals surface area contributed by atoms with Gasteiger partial charge in [-0.25, -0.2) is 4.79 Å². The van der Waals surface area contributed by atoms with Crippen molar-refractivity contribution >= 4 is 12.0 Å². The lowest BCUT2D eigenvalue weighted by Gasteiger charge is -2.14. The van der Waals surface area contributed by atoms with Gasteiger partial charge >= 0.3 is 6.09 Å². The van der Waals surface area contributed by atoms with Crippen LogP contribution in [0, 0.1) is 6.92 Å². The highest BCUT2D eigenvalue weighted by molar-refractivity contribution is 5.83. The average Bonchev–Trinajstić information content (AvgIpc) is 3.17. The number of aryl methyl sites for hydroxylation is 1. The molecule has 0 aliphatic carbocycles. The van der Waals surface area contributed by atoms with Gasteiger partial charge in [0.25, 0.3) is 0 Å². The fraction of sp³-hybridized carbons (Fsp3) is 0.375. The molecule has 1 aliphatic rings. The van der Waals surface area contributed by atoms with Crippen molar-refractivity contribution in [2.75, 3.05) is 19.7 Å². The molecule has 8 nitrogen and oxygen atoms in total. The van der Waals surface area contributed by atoms with Crippen LogP contribution in [0.2, 0.25) is 0 Å². The second kappa shape index (κ2) is 6.69. The summed E-state index contributed by atoms with van der Waals surface area (Å²) in [7, 11) is 0. The first-order valence-electron chi connectivity index (χ1n) is 7.64. The van der Waals surface area contributed by atoms with Crippen LogP contribution in [0.1, 0.15) is 24.4 Å². The van der Waals surface area contributed by atoms with Crippen LogP contribution in [-0.2, 0) is 9.53 Å². The van der Waals surface area contributed by atoms with Crippen molar-refractivity contribution in [2.24, 2.45) is 0 Å². The molecule has 3 rings (SSSR count). The van der Waals surface area contributed by atoms with E-state index in [0.717, 1.165) is 11.1 Å². The molecule has 1 aliphatic heterocycles. The van der Waals surface area contributed by atoms with Crippen molar-refractivity contribution in [3.63, 3.8) is 0 Å². The Labute approximate surface area is 138 Å². The molecule has 1 atom stereocenters. The molecule has 1 unspecified atom stereocenters. The lowest BCUT2D eigenvalue weighted by Crippen LogP contribution is -2.38. The molecular formula is C16H18N4O4. The number of carbonyl (C=O) groups excluding carboxylic acids is 2. The smallest absolute Gasteiger partial charge is 0.410 e. The highest BCUT2D eigenvalue weighted by Gasteiger charge is 2.25. The number of nitrogens with one attached hydrogen (secondary N) is 1. The van der Waals surface area contributed by atoms with Crippen LogP contribution in [0.4, 0.5) is 4.79 Å². The molecule has 1 saturated heterocycles. The van der Waals surface area contributed by atoms with Crippen LogP contribution in [-0.4, -0.2) is 46.7 Å². The van der Waals surface area contributed by atoms with E-state index < -0.39 is 12.1 Å². The van der Waals surface area contributed by atoms with Gasteiger partial charge in [-0.2, -0.15) is 4.98 Å². The van der Waals surface area contributed by atoms with E-state index in [1.165, 1.54) is 4.90 Å². The largest absolute Gasteiger partial charge is 0.448 e. The van der Waals surface area contributed by atoms with Crippen LogP contribution < -0.4 is 5.32 Å². The first kappa shape index (κ1) is 16.0. The van der Waals surface area contributed by atoms with E-state index >= 15 is 0 Å². The monoisotopic (exact) mass is 330 g/mol. The second-order valence-electron chi connectivity index (χ2n) is 5.65. The Morgan fingerprint density at radius 1 is 1.46 bits per heavy atom. The van der Waals surface area contributed by atoms with Gasteiger partial charge in [-0.1, -0.05) is 28.9 Å². The number of ether oxygens (including phenoxy) is 1. The molecular weight excluding hydrogens is 312 g/mol. The standard InChI is InChI=1S/C16H18N4O4/c1-10-4-3-5-12(8-10)14-18-15(24-19-14)11(2)17-13(21)9-20-6-7-23-16(20)22/h3-5,8,11H,6-7,9H2,1-2H3,(H,17,21). The first-order chi connectivity index (χ1) is 11.5. The van der Waals surface area contributed by atoms with Gasteiger partial charge < -0.3 is 14.6 Å². The molecule has 0 saturated carbocycles. The second-order valence-corrected chi connectivity index (χ2v) is 5.65.